The zero-order chi connectivity index (χ0) is 13.5. The van der Waals surface area contributed by atoms with Crippen LogP contribution in [0, 0.1) is 0 Å². The predicted octanol–water partition coefficient (Wildman–Crippen LogP) is 2.43. The topological polar surface area (TPSA) is 51.4 Å². The molecule has 19 heavy (non-hydrogen) atoms. The molecule has 1 fully saturated rings. The minimum atomic E-state index is -0.117. The maximum atomic E-state index is 6.00. The highest BCUT2D eigenvalue weighted by molar-refractivity contribution is 5.98. The Hall–Kier alpha value is -1.81. The highest BCUT2D eigenvalue weighted by atomic mass is 16.5. The summed E-state index contributed by atoms with van der Waals surface area (Å²) in [4.78, 5) is 6.74. The van der Waals surface area contributed by atoms with Gasteiger partial charge in [-0.25, -0.2) is 0 Å². The lowest BCUT2D eigenvalue weighted by atomic mass is 10.1. The van der Waals surface area contributed by atoms with Crippen molar-refractivity contribution in [3.63, 3.8) is 0 Å². The van der Waals surface area contributed by atoms with E-state index < -0.39 is 0 Å². The van der Waals surface area contributed by atoms with Crippen LogP contribution in [0.1, 0.15) is 13.8 Å². The molecule has 1 aliphatic rings. The van der Waals surface area contributed by atoms with Crippen molar-refractivity contribution in [2.45, 2.75) is 19.4 Å². The number of ether oxygens (including phenoxy) is 1. The molecule has 4 heteroatoms. The molecule has 2 N–H and O–H groups in total. The molecule has 1 aromatic carbocycles. The quantitative estimate of drug-likeness (QED) is 0.797. The Labute approximate surface area is 113 Å². The molecule has 0 aliphatic carbocycles. The monoisotopic (exact) mass is 257 g/mol. The van der Waals surface area contributed by atoms with Gasteiger partial charge in [-0.3, -0.25) is 4.98 Å². The van der Waals surface area contributed by atoms with Crippen molar-refractivity contribution < 1.29 is 4.74 Å². The van der Waals surface area contributed by atoms with Gasteiger partial charge in [-0.1, -0.05) is 12.1 Å². The Kier molecular flexibility index (Phi) is 2.82. The van der Waals surface area contributed by atoms with Gasteiger partial charge in [0.2, 0.25) is 0 Å². The van der Waals surface area contributed by atoms with Gasteiger partial charge in [0.05, 0.1) is 23.4 Å². The van der Waals surface area contributed by atoms with Gasteiger partial charge in [0.15, 0.2) is 0 Å². The molecule has 4 nitrogen and oxygen atoms in total. The number of anilines is 2. The molecule has 0 unspecified atom stereocenters. The number of nitrogens with two attached hydrogens (primary N) is 1. The second-order valence-electron chi connectivity index (χ2n) is 5.60. The van der Waals surface area contributed by atoms with Crippen LogP contribution < -0.4 is 10.6 Å². The van der Waals surface area contributed by atoms with Crippen molar-refractivity contribution in [3.8, 4) is 0 Å². The number of hydrogen-bond donors (Lipinski definition) is 1. The number of rotatable bonds is 1. The Bertz CT molecular complexity index is 609. The van der Waals surface area contributed by atoms with Crippen LogP contribution in [-0.4, -0.2) is 30.3 Å². The zero-order valence-electron chi connectivity index (χ0n) is 11.4. The van der Waals surface area contributed by atoms with Crippen molar-refractivity contribution in [1.82, 2.24) is 4.98 Å². The second kappa shape index (κ2) is 4.38. The Balaban J connectivity index is 2.08. The molecule has 0 spiro atoms. The molecular weight excluding hydrogens is 238 g/mol. The number of para-hydroxylation sites is 1. The van der Waals surface area contributed by atoms with E-state index in [4.69, 9.17) is 10.5 Å². The van der Waals surface area contributed by atoms with Gasteiger partial charge in [0.25, 0.3) is 0 Å². The molecule has 3 rings (SSSR count). The summed E-state index contributed by atoms with van der Waals surface area (Å²) >= 11 is 0. The van der Waals surface area contributed by atoms with E-state index in [1.165, 1.54) is 5.69 Å². The number of aromatic nitrogens is 1. The third-order valence-corrected chi connectivity index (χ3v) is 3.55. The van der Waals surface area contributed by atoms with E-state index in [0.717, 1.165) is 36.3 Å². The second-order valence-corrected chi connectivity index (χ2v) is 5.60. The van der Waals surface area contributed by atoms with Gasteiger partial charge in [0, 0.05) is 30.4 Å². The Morgan fingerprint density at radius 3 is 2.95 bits per heavy atom. The van der Waals surface area contributed by atoms with Gasteiger partial charge in [0.1, 0.15) is 0 Å². The van der Waals surface area contributed by atoms with Gasteiger partial charge in [-0.15, -0.1) is 0 Å². The van der Waals surface area contributed by atoms with Crippen LogP contribution in [0.25, 0.3) is 10.9 Å². The first-order valence-corrected chi connectivity index (χ1v) is 6.59. The first kappa shape index (κ1) is 12.2. The van der Waals surface area contributed by atoms with E-state index in [-0.39, 0.29) is 5.60 Å². The fourth-order valence-electron chi connectivity index (χ4n) is 2.68. The maximum absolute atomic E-state index is 6.00. The predicted molar refractivity (Wildman–Crippen MR) is 78.4 cm³/mol. The van der Waals surface area contributed by atoms with Crippen LogP contribution in [0.2, 0.25) is 0 Å². The maximum Gasteiger partial charge on any atom is 0.0951 e. The SMILES string of the molecule is CC1(C)CN(c2ccnc3c(N)cccc23)CCO1. The van der Waals surface area contributed by atoms with E-state index in [1.54, 1.807) is 0 Å². The summed E-state index contributed by atoms with van der Waals surface area (Å²) in [6.45, 7) is 6.77. The largest absolute Gasteiger partial charge is 0.397 e. The van der Waals surface area contributed by atoms with Crippen LogP contribution in [0.15, 0.2) is 30.5 Å². The zero-order valence-corrected chi connectivity index (χ0v) is 11.4. The van der Waals surface area contributed by atoms with Crippen LogP contribution in [0.4, 0.5) is 11.4 Å². The third-order valence-electron chi connectivity index (χ3n) is 3.55. The average molecular weight is 257 g/mol. The fraction of sp³-hybridized carbons (Fsp3) is 0.400. The first-order valence-electron chi connectivity index (χ1n) is 6.59. The highest BCUT2D eigenvalue weighted by Gasteiger charge is 2.28. The summed E-state index contributed by atoms with van der Waals surface area (Å²) in [6.07, 6.45) is 1.83. The average Bonchev–Trinajstić information content (AvgIpc) is 2.37. The molecule has 0 atom stereocenters. The lowest BCUT2D eigenvalue weighted by Crippen LogP contribution is -2.48. The molecule has 1 aliphatic heterocycles. The van der Waals surface area contributed by atoms with E-state index >= 15 is 0 Å². The number of fused-ring (bicyclic) bond motifs is 1. The van der Waals surface area contributed by atoms with Crippen molar-refractivity contribution in [2.24, 2.45) is 0 Å². The molecule has 2 heterocycles. The molecule has 100 valence electrons. The molecule has 0 saturated carbocycles. The summed E-state index contributed by atoms with van der Waals surface area (Å²) < 4.78 is 5.77. The molecule has 0 bridgehead atoms. The minimum Gasteiger partial charge on any atom is -0.397 e. The number of nitrogens with zero attached hydrogens (tertiary/aromatic N) is 2. The minimum absolute atomic E-state index is 0.117. The smallest absolute Gasteiger partial charge is 0.0951 e. The van der Waals surface area contributed by atoms with E-state index in [1.807, 2.05) is 18.3 Å². The van der Waals surface area contributed by atoms with Crippen LogP contribution in [0.5, 0.6) is 0 Å². The van der Waals surface area contributed by atoms with Crippen LogP contribution in [-0.2, 0) is 4.74 Å². The summed E-state index contributed by atoms with van der Waals surface area (Å²) in [6, 6.07) is 8.01. The number of hydrogen-bond acceptors (Lipinski definition) is 4. The number of pyridine rings is 1. The standard InChI is InChI=1S/C15H19N3O/c1-15(2)10-18(8-9-19-15)13-6-7-17-14-11(13)4-3-5-12(14)16/h3-7H,8-10,16H2,1-2H3. The summed E-state index contributed by atoms with van der Waals surface area (Å²) in [7, 11) is 0. The van der Waals surface area contributed by atoms with Gasteiger partial charge < -0.3 is 15.4 Å². The first-order chi connectivity index (χ1) is 9.07. The lowest BCUT2D eigenvalue weighted by Gasteiger charge is -2.39. The van der Waals surface area contributed by atoms with E-state index in [0.29, 0.717) is 0 Å². The van der Waals surface area contributed by atoms with Gasteiger partial charge >= 0.3 is 0 Å². The van der Waals surface area contributed by atoms with E-state index in [2.05, 4.69) is 35.9 Å². The summed E-state index contributed by atoms with van der Waals surface area (Å²) in [5, 5.41) is 1.11. The van der Waals surface area contributed by atoms with Crippen molar-refractivity contribution >= 4 is 22.3 Å². The van der Waals surface area contributed by atoms with Crippen molar-refractivity contribution in [3.05, 3.63) is 30.5 Å². The molecule has 1 saturated heterocycles. The van der Waals surface area contributed by atoms with Crippen LogP contribution >= 0.6 is 0 Å². The van der Waals surface area contributed by atoms with Crippen LogP contribution in [0.3, 0.4) is 0 Å². The normalized spacial score (nSPS) is 18.7. The molecule has 1 aromatic heterocycles. The Morgan fingerprint density at radius 1 is 1.32 bits per heavy atom. The number of benzene rings is 1. The molecular formula is C15H19N3O. The van der Waals surface area contributed by atoms with Gasteiger partial charge in [-0.05, 0) is 26.0 Å². The summed E-state index contributed by atoms with van der Waals surface area (Å²) in [5.74, 6) is 0. The Morgan fingerprint density at radius 2 is 2.16 bits per heavy atom. The van der Waals surface area contributed by atoms with E-state index in [9.17, 15) is 0 Å². The molecule has 2 aromatic rings. The summed E-state index contributed by atoms with van der Waals surface area (Å²) in [5.41, 5.74) is 8.68. The molecule has 0 amide bonds. The van der Waals surface area contributed by atoms with Crippen molar-refractivity contribution in [2.75, 3.05) is 30.3 Å². The highest BCUT2D eigenvalue weighted by Crippen LogP contribution is 2.31. The lowest BCUT2D eigenvalue weighted by molar-refractivity contribution is -0.0276. The van der Waals surface area contributed by atoms with Gasteiger partial charge in [-0.2, -0.15) is 0 Å². The van der Waals surface area contributed by atoms with Crippen molar-refractivity contribution in [1.29, 1.82) is 0 Å². The third kappa shape index (κ3) is 2.24. The number of morpholine rings is 1. The molecule has 0 radical (unpaired) electrons. The number of nitrogen functional groups attached to an aromatic ring is 1. The fourth-order valence-corrected chi connectivity index (χ4v) is 2.68.